The largest absolute Gasteiger partial charge is 0.494 e. The van der Waals surface area contributed by atoms with Gasteiger partial charge >= 0.3 is 0 Å². The number of anilines is 2. The van der Waals surface area contributed by atoms with Gasteiger partial charge in [-0.2, -0.15) is 0 Å². The number of hydrogen-bond acceptors (Lipinski definition) is 12. The zero-order valence-electron chi connectivity index (χ0n) is 40.3. The number of benzene rings is 5. The molecule has 5 aromatic carbocycles. The highest BCUT2D eigenvalue weighted by atomic mass is 33.1. The molecule has 5 aromatic rings. The van der Waals surface area contributed by atoms with Crippen LogP contribution in [0.25, 0.3) is 0 Å². The summed E-state index contributed by atoms with van der Waals surface area (Å²) < 4.78 is 25.0. The monoisotopic (exact) mass is 995 g/mol. The van der Waals surface area contributed by atoms with E-state index in [2.05, 4.69) is 17.1 Å². The molecule has 4 N–H and O–H groups in total. The molecule has 0 bridgehead atoms. The highest BCUT2D eigenvalue weighted by Crippen LogP contribution is 2.42. The second-order valence-corrected chi connectivity index (χ2v) is 20.7. The zero-order valence-corrected chi connectivity index (χ0v) is 42.0. The molecular formula is C55H59N6O8S2+. The van der Waals surface area contributed by atoms with Gasteiger partial charge in [0.25, 0.3) is 11.8 Å². The lowest BCUT2D eigenvalue weighted by Crippen LogP contribution is -2.64. The van der Waals surface area contributed by atoms with Gasteiger partial charge in [-0.15, -0.1) is 0 Å². The minimum atomic E-state index is -0.189. The van der Waals surface area contributed by atoms with Crippen LogP contribution < -0.4 is 39.8 Å². The Morgan fingerprint density at radius 3 is 1.97 bits per heavy atom. The van der Waals surface area contributed by atoms with E-state index in [0.717, 1.165) is 57.1 Å². The van der Waals surface area contributed by atoms with E-state index in [1.165, 1.54) is 0 Å². The number of nitrogens with one attached hydrogen (secondary N) is 1. The maximum absolute atomic E-state index is 14.0. The fraction of sp³-hybridized carbons (Fsp3) is 0.345. The first-order chi connectivity index (χ1) is 34.6. The van der Waals surface area contributed by atoms with Crippen LogP contribution in [0.2, 0.25) is 0 Å². The highest BCUT2D eigenvalue weighted by molar-refractivity contribution is 8.76. The van der Waals surface area contributed by atoms with Crippen LogP contribution in [0.4, 0.5) is 22.7 Å². The fourth-order valence-corrected chi connectivity index (χ4v) is 11.4. The Labute approximate surface area is 422 Å². The van der Waals surface area contributed by atoms with Crippen molar-refractivity contribution in [3.63, 3.8) is 0 Å². The Kier molecular flexibility index (Phi) is 15.7. The zero-order chi connectivity index (χ0) is 49.4. The number of fused-ring (bicyclic) bond motifs is 8. The lowest BCUT2D eigenvalue weighted by atomic mass is 10.1. The molecule has 9 rings (SSSR count). The van der Waals surface area contributed by atoms with E-state index in [0.29, 0.717) is 97.2 Å². The number of ketones is 1. The van der Waals surface area contributed by atoms with E-state index in [-0.39, 0.29) is 54.8 Å². The predicted octanol–water partition coefficient (Wildman–Crippen LogP) is 8.76. The number of Topliss-reactive ketones (excluding diaryl/α,β-unsaturated/α-hetero) is 1. The van der Waals surface area contributed by atoms with Crippen LogP contribution in [0, 0.1) is 6.92 Å². The Morgan fingerprint density at radius 2 is 1.34 bits per heavy atom. The minimum absolute atomic E-state index is 0.00312. The molecule has 368 valence electrons. The summed E-state index contributed by atoms with van der Waals surface area (Å²) in [5, 5.41) is 3.00. The summed E-state index contributed by atoms with van der Waals surface area (Å²) in [7, 11) is 4.94. The van der Waals surface area contributed by atoms with Gasteiger partial charge in [0.2, 0.25) is 5.91 Å². The van der Waals surface area contributed by atoms with Gasteiger partial charge in [0.15, 0.2) is 17.3 Å². The Balaban J connectivity index is 0.856. The van der Waals surface area contributed by atoms with Crippen LogP contribution in [-0.4, -0.2) is 85.8 Å². The number of hydrogen-bond donors (Lipinski definition) is 2. The summed E-state index contributed by atoms with van der Waals surface area (Å²) in [4.78, 5) is 65.6. The summed E-state index contributed by atoms with van der Waals surface area (Å²) in [5.74, 6) is 3.67. The molecule has 3 atom stereocenters. The van der Waals surface area contributed by atoms with Crippen molar-refractivity contribution >= 4 is 80.3 Å². The molecular weight excluding hydrogens is 937 g/mol. The van der Waals surface area contributed by atoms with Crippen LogP contribution in [0.5, 0.6) is 23.0 Å². The first-order valence-corrected chi connectivity index (χ1v) is 26.7. The van der Waals surface area contributed by atoms with Crippen molar-refractivity contribution in [3.05, 3.63) is 130 Å². The molecule has 4 heterocycles. The third kappa shape index (κ3) is 11.3. The first kappa shape index (κ1) is 49.4. The molecule has 0 radical (unpaired) electrons. The summed E-state index contributed by atoms with van der Waals surface area (Å²) in [6.45, 7) is 5.10. The minimum Gasteiger partial charge on any atom is -0.494 e. The lowest BCUT2D eigenvalue weighted by Gasteiger charge is -2.22. The number of aliphatic imine (C=N–C) groups is 2. The number of amides is 3. The van der Waals surface area contributed by atoms with Crippen LogP contribution in [0.1, 0.15) is 87.6 Å². The summed E-state index contributed by atoms with van der Waals surface area (Å²) >= 11 is 0. The van der Waals surface area contributed by atoms with E-state index in [9.17, 15) is 19.2 Å². The van der Waals surface area contributed by atoms with Crippen molar-refractivity contribution in [1.29, 1.82) is 0 Å². The first-order valence-electron chi connectivity index (χ1n) is 24.2. The average Bonchev–Trinajstić information content (AvgIpc) is 3.88. The standard InChI is InChI=1S/C55H58N6O8S2/c1-4-49(62)44(56)16-19-70-71-20-17-57-53(63)15-9-10-18-67-41-23-35(32-68-50-28-45-42(21-34(50)2)54(64)60-39(30-58-45)25-37-11-5-7-13-47(37)60)22-36(24-41)33-69-52-29-46-43(27-51(52)66-3)55(65)61-40(31-59-46)26-38-12-6-8-14-48(38)61/h5-8,11-14,21-24,27-31,39-40,44H,4,9-10,15-20,25-26,32-33,56H2,1-3H3,(H,57,63)/p+1. The van der Waals surface area contributed by atoms with Crippen LogP contribution in [-0.2, 0) is 35.6 Å². The second-order valence-electron chi connectivity index (χ2n) is 18.0. The number of quaternary nitrogens is 1. The van der Waals surface area contributed by atoms with Gasteiger partial charge < -0.3 is 30.0 Å². The number of rotatable bonds is 22. The van der Waals surface area contributed by atoms with Gasteiger partial charge in [0.1, 0.15) is 30.8 Å². The molecule has 0 aromatic heterocycles. The van der Waals surface area contributed by atoms with Crippen LogP contribution in [0.3, 0.4) is 0 Å². The number of para-hydroxylation sites is 2. The van der Waals surface area contributed by atoms with Crippen molar-refractivity contribution in [2.75, 3.05) is 41.6 Å². The Hall–Kier alpha value is -6.62. The van der Waals surface area contributed by atoms with Gasteiger partial charge in [-0.05, 0) is 90.0 Å². The second kappa shape index (κ2) is 22.6. The maximum Gasteiger partial charge on any atom is 0.261 e. The molecule has 0 saturated heterocycles. The molecule has 4 aliphatic rings. The van der Waals surface area contributed by atoms with Gasteiger partial charge in [-0.1, -0.05) is 64.9 Å². The van der Waals surface area contributed by atoms with Crippen molar-refractivity contribution in [1.82, 2.24) is 5.32 Å². The maximum atomic E-state index is 14.0. The summed E-state index contributed by atoms with van der Waals surface area (Å²) in [6, 6.07) is 28.4. The number of ether oxygens (including phenoxy) is 4. The SMILES string of the molecule is CCC(=O)C([NH3+])CCSSCCNC(=O)CCCCOc1cc(COc2cc3c(cc2C)C(=O)N2c4ccccc4CC2C=N3)cc(COc2cc3c(cc2OC)C(=O)N2c4ccccc4CC2C=N3)c1. The molecule has 71 heavy (non-hydrogen) atoms. The normalized spacial score (nSPS) is 16.5. The molecule has 4 aliphatic heterocycles. The number of methoxy groups -OCH3 is 1. The number of carbonyl (C=O) groups is 4. The fourth-order valence-electron chi connectivity index (χ4n) is 9.35. The molecule has 0 aliphatic carbocycles. The average molecular weight is 996 g/mol. The molecule has 3 amide bonds. The Bertz CT molecular complexity index is 2890. The molecule has 0 saturated carbocycles. The van der Waals surface area contributed by atoms with E-state index in [4.69, 9.17) is 28.9 Å². The predicted molar refractivity (Wildman–Crippen MR) is 281 cm³/mol. The van der Waals surface area contributed by atoms with Crippen LogP contribution in [0.15, 0.2) is 101 Å². The molecule has 3 unspecified atom stereocenters. The van der Waals surface area contributed by atoms with Gasteiger partial charge in [-0.25, -0.2) is 0 Å². The number of carbonyl (C=O) groups excluding carboxylic acids is 4. The third-order valence-corrected chi connectivity index (χ3v) is 15.5. The number of aryl methyl sites for hydroxylation is 1. The van der Waals surface area contributed by atoms with E-state index in [1.807, 2.05) is 104 Å². The van der Waals surface area contributed by atoms with Gasteiger partial charge in [0, 0.05) is 86.1 Å². The van der Waals surface area contributed by atoms with Gasteiger partial charge in [-0.3, -0.25) is 39.0 Å². The molecule has 0 fully saturated rings. The third-order valence-electron chi connectivity index (χ3n) is 13.1. The van der Waals surface area contributed by atoms with Crippen molar-refractivity contribution in [3.8, 4) is 23.0 Å². The topological polar surface area (TPSA) is 176 Å². The number of nitrogens with zero attached hydrogens (tertiary/aromatic N) is 4. The molecule has 14 nitrogen and oxygen atoms in total. The Morgan fingerprint density at radius 1 is 0.746 bits per heavy atom. The van der Waals surface area contributed by atoms with E-state index < -0.39 is 0 Å². The quantitative estimate of drug-likeness (QED) is 0.0504. The summed E-state index contributed by atoms with van der Waals surface area (Å²) in [6.07, 6.45) is 8.09. The molecule has 16 heteroatoms. The van der Waals surface area contributed by atoms with E-state index in [1.54, 1.807) is 45.7 Å². The van der Waals surface area contributed by atoms with Crippen molar-refractivity contribution in [2.24, 2.45) is 9.98 Å². The van der Waals surface area contributed by atoms with Crippen molar-refractivity contribution < 1.29 is 43.9 Å². The van der Waals surface area contributed by atoms with Crippen LogP contribution >= 0.6 is 21.6 Å². The van der Waals surface area contributed by atoms with Gasteiger partial charge in [0.05, 0.1) is 48.3 Å². The summed E-state index contributed by atoms with van der Waals surface area (Å²) in [5.41, 5.74) is 12.5. The molecule has 0 spiro atoms. The van der Waals surface area contributed by atoms with E-state index >= 15 is 0 Å². The smallest absolute Gasteiger partial charge is 0.261 e. The highest BCUT2D eigenvalue weighted by Gasteiger charge is 2.38. The van der Waals surface area contributed by atoms with Crippen molar-refractivity contribution in [2.45, 2.75) is 90.1 Å². The lowest BCUT2D eigenvalue weighted by molar-refractivity contribution is -0.403. The number of unbranched alkanes of at least 4 members (excludes halogenated alkanes) is 1.